The Kier molecular flexibility index (Phi) is 3.89. The molecule has 0 saturated carbocycles. The fourth-order valence-corrected chi connectivity index (χ4v) is 1.29. The fraction of sp³-hybridized carbons (Fsp3) is 0.385. The van der Waals surface area contributed by atoms with Crippen molar-refractivity contribution in [1.29, 1.82) is 0 Å². The van der Waals surface area contributed by atoms with Crippen LogP contribution in [0.15, 0.2) is 24.3 Å². The molecule has 2 N–H and O–H groups in total. The van der Waals surface area contributed by atoms with Crippen molar-refractivity contribution in [2.24, 2.45) is 0 Å². The molecule has 0 atom stereocenters. The second-order valence-electron chi connectivity index (χ2n) is 4.97. The van der Waals surface area contributed by atoms with Gasteiger partial charge in [0, 0.05) is 11.2 Å². The lowest BCUT2D eigenvalue weighted by atomic mass is 10.1. The molecule has 4 heteroatoms. The fourth-order valence-electron chi connectivity index (χ4n) is 1.29. The number of carbonyl (C=O) groups excluding carboxylic acids is 2. The summed E-state index contributed by atoms with van der Waals surface area (Å²) in [6.07, 6.45) is 0. The Bertz CT molecular complexity index is 433. The summed E-state index contributed by atoms with van der Waals surface area (Å²) in [6.45, 7) is 7.35. The average molecular weight is 234 g/mol. The normalized spacial score (nSPS) is 10.8. The van der Waals surface area contributed by atoms with E-state index in [1.165, 1.54) is 0 Å². The second-order valence-corrected chi connectivity index (χ2v) is 4.97. The zero-order valence-electron chi connectivity index (χ0n) is 10.6. The largest absolute Gasteiger partial charge is 0.343 e. The number of benzene rings is 1. The van der Waals surface area contributed by atoms with Gasteiger partial charge >= 0.3 is 11.8 Å². The van der Waals surface area contributed by atoms with Crippen LogP contribution in [-0.4, -0.2) is 17.4 Å². The minimum atomic E-state index is -0.644. The number of amides is 2. The van der Waals surface area contributed by atoms with Gasteiger partial charge in [0.15, 0.2) is 0 Å². The molecule has 2 amide bonds. The van der Waals surface area contributed by atoms with E-state index >= 15 is 0 Å². The van der Waals surface area contributed by atoms with Gasteiger partial charge in [-0.25, -0.2) is 0 Å². The number of rotatable bonds is 1. The van der Waals surface area contributed by atoms with E-state index in [1.54, 1.807) is 6.07 Å². The molecular formula is C13H18N2O2. The van der Waals surface area contributed by atoms with Crippen LogP contribution in [0.5, 0.6) is 0 Å². The molecule has 0 aromatic heterocycles. The van der Waals surface area contributed by atoms with Gasteiger partial charge in [0.2, 0.25) is 0 Å². The highest BCUT2D eigenvalue weighted by atomic mass is 16.2. The Labute approximate surface area is 101 Å². The summed E-state index contributed by atoms with van der Waals surface area (Å²) in [4.78, 5) is 23.2. The maximum absolute atomic E-state index is 11.6. The Hall–Kier alpha value is -1.84. The van der Waals surface area contributed by atoms with E-state index in [4.69, 9.17) is 0 Å². The van der Waals surface area contributed by atoms with Gasteiger partial charge in [-0.2, -0.15) is 0 Å². The molecule has 0 bridgehead atoms. The number of aryl methyl sites for hydroxylation is 1. The summed E-state index contributed by atoms with van der Waals surface area (Å²) >= 11 is 0. The minimum absolute atomic E-state index is 0.417. The first-order valence-electron chi connectivity index (χ1n) is 5.49. The Morgan fingerprint density at radius 1 is 1.06 bits per heavy atom. The van der Waals surface area contributed by atoms with Gasteiger partial charge in [-0.05, 0) is 39.3 Å². The smallest absolute Gasteiger partial charge is 0.313 e. The van der Waals surface area contributed by atoms with Crippen molar-refractivity contribution in [3.8, 4) is 0 Å². The Morgan fingerprint density at radius 2 is 1.65 bits per heavy atom. The van der Waals surface area contributed by atoms with E-state index in [1.807, 2.05) is 45.9 Å². The highest BCUT2D eigenvalue weighted by molar-refractivity contribution is 6.39. The first-order valence-corrected chi connectivity index (χ1v) is 5.49. The Balaban J connectivity index is 2.68. The molecule has 1 aromatic rings. The highest BCUT2D eigenvalue weighted by Crippen LogP contribution is 2.12. The summed E-state index contributed by atoms with van der Waals surface area (Å²) in [7, 11) is 0. The van der Waals surface area contributed by atoms with Crippen LogP contribution in [0, 0.1) is 6.92 Å². The molecule has 1 aromatic carbocycles. The summed E-state index contributed by atoms with van der Waals surface area (Å²) in [5.41, 5.74) is 1.16. The van der Waals surface area contributed by atoms with Gasteiger partial charge in [0.05, 0.1) is 0 Å². The van der Waals surface area contributed by atoms with Crippen molar-refractivity contribution in [2.45, 2.75) is 33.2 Å². The third-order valence-corrected chi connectivity index (χ3v) is 2.09. The quantitative estimate of drug-likeness (QED) is 0.728. The first-order chi connectivity index (χ1) is 7.79. The van der Waals surface area contributed by atoms with Gasteiger partial charge in [0.1, 0.15) is 0 Å². The maximum atomic E-state index is 11.6. The van der Waals surface area contributed by atoms with E-state index in [0.717, 1.165) is 5.56 Å². The first kappa shape index (κ1) is 13.2. The van der Waals surface area contributed by atoms with E-state index in [-0.39, 0.29) is 0 Å². The van der Waals surface area contributed by atoms with Crippen LogP contribution < -0.4 is 10.6 Å². The van der Waals surface area contributed by atoms with Crippen LogP contribution in [0.4, 0.5) is 5.69 Å². The van der Waals surface area contributed by atoms with Crippen molar-refractivity contribution >= 4 is 17.5 Å². The van der Waals surface area contributed by atoms with Crippen LogP contribution in [0.1, 0.15) is 26.3 Å². The molecule has 0 unspecified atom stereocenters. The summed E-state index contributed by atoms with van der Waals surface area (Å²) in [5.74, 6) is -1.27. The van der Waals surface area contributed by atoms with Crippen molar-refractivity contribution in [3.63, 3.8) is 0 Å². The lowest BCUT2D eigenvalue weighted by Crippen LogP contribution is -2.46. The zero-order valence-corrected chi connectivity index (χ0v) is 10.6. The summed E-state index contributed by atoms with van der Waals surface area (Å²) in [6, 6.07) is 7.32. The number of para-hydroxylation sites is 1. The van der Waals surface area contributed by atoms with Crippen molar-refractivity contribution < 1.29 is 9.59 Å². The molecular weight excluding hydrogens is 216 g/mol. The predicted octanol–water partition coefficient (Wildman–Crippen LogP) is 1.85. The lowest BCUT2D eigenvalue weighted by Gasteiger charge is -2.20. The molecule has 92 valence electrons. The van der Waals surface area contributed by atoms with Gasteiger partial charge in [-0.15, -0.1) is 0 Å². The molecule has 0 heterocycles. The molecule has 0 saturated heterocycles. The number of anilines is 1. The molecule has 4 nitrogen and oxygen atoms in total. The molecule has 0 spiro atoms. The van der Waals surface area contributed by atoms with E-state index < -0.39 is 17.4 Å². The van der Waals surface area contributed by atoms with Crippen molar-refractivity contribution in [2.75, 3.05) is 5.32 Å². The molecule has 17 heavy (non-hydrogen) atoms. The molecule has 0 aliphatic carbocycles. The number of nitrogens with one attached hydrogen (secondary N) is 2. The third kappa shape index (κ3) is 4.26. The van der Waals surface area contributed by atoms with Crippen LogP contribution in [-0.2, 0) is 9.59 Å². The van der Waals surface area contributed by atoms with Crippen molar-refractivity contribution in [3.05, 3.63) is 29.8 Å². The number of carbonyl (C=O) groups is 2. The second kappa shape index (κ2) is 4.99. The molecule has 0 radical (unpaired) electrons. The van der Waals surface area contributed by atoms with E-state index in [2.05, 4.69) is 10.6 Å². The topological polar surface area (TPSA) is 58.2 Å². The highest BCUT2D eigenvalue weighted by Gasteiger charge is 2.20. The van der Waals surface area contributed by atoms with Crippen LogP contribution in [0.25, 0.3) is 0 Å². The third-order valence-electron chi connectivity index (χ3n) is 2.09. The van der Waals surface area contributed by atoms with Gasteiger partial charge in [-0.1, -0.05) is 18.2 Å². The van der Waals surface area contributed by atoms with E-state index in [9.17, 15) is 9.59 Å². The standard InChI is InChI=1S/C13H18N2O2/c1-9-7-5-6-8-10(9)14-11(16)12(17)15-13(2,3)4/h5-8H,1-4H3,(H,14,16)(H,15,17). The Morgan fingerprint density at radius 3 is 2.18 bits per heavy atom. The van der Waals surface area contributed by atoms with Gasteiger partial charge < -0.3 is 10.6 Å². The van der Waals surface area contributed by atoms with Crippen LogP contribution >= 0.6 is 0 Å². The SMILES string of the molecule is Cc1ccccc1NC(=O)C(=O)NC(C)(C)C. The van der Waals surface area contributed by atoms with E-state index in [0.29, 0.717) is 5.69 Å². The zero-order chi connectivity index (χ0) is 13.1. The van der Waals surface area contributed by atoms with Crippen LogP contribution in [0.2, 0.25) is 0 Å². The van der Waals surface area contributed by atoms with Gasteiger partial charge in [0.25, 0.3) is 0 Å². The molecule has 0 fully saturated rings. The van der Waals surface area contributed by atoms with Crippen molar-refractivity contribution in [1.82, 2.24) is 5.32 Å². The number of hydrogen-bond acceptors (Lipinski definition) is 2. The molecule has 0 aliphatic rings. The molecule has 0 aliphatic heterocycles. The lowest BCUT2D eigenvalue weighted by molar-refractivity contribution is -0.137. The van der Waals surface area contributed by atoms with Crippen LogP contribution in [0.3, 0.4) is 0 Å². The predicted molar refractivity (Wildman–Crippen MR) is 67.7 cm³/mol. The maximum Gasteiger partial charge on any atom is 0.313 e. The monoisotopic (exact) mass is 234 g/mol. The average Bonchev–Trinajstić information content (AvgIpc) is 2.18. The number of hydrogen-bond donors (Lipinski definition) is 2. The van der Waals surface area contributed by atoms with Gasteiger partial charge in [-0.3, -0.25) is 9.59 Å². The molecule has 1 rings (SSSR count). The summed E-state index contributed by atoms with van der Waals surface area (Å²) < 4.78 is 0. The summed E-state index contributed by atoms with van der Waals surface area (Å²) in [5, 5.41) is 5.19. The minimum Gasteiger partial charge on any atom is -0.343 e.